The second-order valence-corrected chi connectivity index (χ2v) is 9.24. The molecule has 0 spiro atoms. The summed E-state index contributed by atoms with van der Waals surface area (Å²) in [6.45, 7) is 2.27. The zero-order chi connectivity index (χ0) is 24.1. The van der Waals surface area contributed by atoms with E-state index in [2.05, 4.69) is 36.5 Å². The summed E-state index contributed by atoms with van der Waals surface area (Å²) in [5, 5.41) is 17.0. The van der Waals surface area contributed by atoms with Gasteiger partial charge in [0, 0.05) is 17.7 Å². The number of hydrogen-bond donors (Lipinski definition) is 2. The summed E-state index contributed by atoms with van der Waals surface area (Å²) in [5.74, 6) is -0.903. The van der Waals surface area contributed by atoms with Crippen LogP contribution >= 0.6 is 22.9 Å². The van der Waals surface area contributed by atoms with E-state index in [1.807, 2.05) is 35.0 Å². The minimum Gasteiger partial charge on any atom is -0.481 e. The molecule has 2 aromatic heterocycles. The molecule has 9 heteroatoms. The molecule has 0 unspecified atom stereocenters. The van der Waals surface area contributed by atoms with E-state index < -0.39 is 5.97 Å². The van der Waals surface area contributed by atoms with Crippen molar-refractivity contribution >= 4 is 35.3 Å². The average molecular weight is 495 g/mol. The lowest BCUT2D eigenvalue weighted by molar-refractivity contribution is -0.136. The highest BCUT2D eigenvalue weighted by molar-refractivity contribution is 7.15. The van der Waals surface area contributed by atoms with Gasteiger partial charge in [0.1, 0.15) is 0 Å². The fourth-order valence-electron chi connectivity index (χ4n) is 3.85. The van der Waals surface area contributed by atoms with Crippen LogP contribution in [-0.4, -0.2) is 38.8 Å². The number of aromatic nitrogens is 3. The highest BCUT2D eigenvalue weighted by atomic mass is 35.5. The van der Waals surface area contributed by atoms with Gasteiger partial charge in [0.25, 0.3) is 0 Å². The number of rotatable bonds is 6. The van der Waals surface area contributed by atoms with Crippen LogP contribution in [0, 0.1) is 6.92 Å². The monoisotopic (exact) mass is 494 g/mol. The largest absolute Gasteiger partial charge is 0.481 e. The Hall–Kier alpha value is -3.49. The molecule has 2 aromatic carbocycles. The van der Waals surface area contributed by atoms with Crippen LogP contribution in [0.25, 0.3) is 27.5 Å². The van der Waals surface area contributed by atoms with E-state index in [4.69, 9.17) is 26.8 Å². The summed E-state index contributed by atoms with van der Waals surface area (Å²) in [5.41, 5.74) is 6.69. The standard InChI is InChI=1S/C21H16ClN3S.C4H7NO3/c1-13-23-17-12-11-15-19(14-7-3-2-4-8-14)24-25(20(15)21(17)26-13)18-10-6-5-9-16(18)22;6-3-5-2-1-4(7)8/h2-10H,11-12H2,1H3;3H,1-2H2,(H,5,6)(H,7,8). The molecule has 0 fully saturated rings. The predicted octanol–water partition coefficient (Wildman–Crippen LogP) is 4.93. The molecule has 1 aliphatic carbocycles. The van der Waals surface area contributed by atoms with Crippen LogP contribution in [0.4, 0.5) is 0 Å². The minimum atomic E-state index is -0.903. The van der Waals surface area contributed by atoms with E-state index in [0.29, 0.717) is 11.4 Å². The number of carboxylic acid groups (broad SMARTS) is 1. The van der Waals surface area contributed by atoms with Crippen molar-refractivity contribution in [3.05, 3.63) is 75.9 Å². The van der Waals surface area contributed by atoms with Gasteiger partial charge in [-0.1, -0.05) is 54.1 Å². The van der Waals surface area contributed by atoms with Crippen molar-refractivity contribution in [2.45, 2.75) is 26.2 Å². The molecule has 34 heavy (non-hydrogen) atoms. The number of carbonyl (C=O) groups is 2. The van der Waals surface area contributed by atoms with Gasteiger partial charge in [-0.3, -0.25) is 9.59 Å². The Bertz CT molecular complexity index is 1320. The SMILES string of the molecule is Cc1nc2c(s1)-c1c(c(-c3ccccc3)nn1-c1ccccc1Cl)CC2.O=CNCCC(=O)O. The lowest BCUT2D eigenvalue weighted by Crippen LogP contribution is -2.15. The Kier molecular flexibility index (Phi) is 7.40. The third kappa shape index (κ3) is 5.03. The molecule has 2 N–H and O–H groups in total. The molecule has 174 valence electrons. The van der Waals surface area contributed by atoms with Crippen LogP contribution < -0.4 is 5.32 Å². The number of para-hydroxylation sites is 1. The Morgan fingerprint density at radius 1 is 1.18 bits per heavy atom. The van der Waals surface area contributed by atoms with Crippen molar-refractivity contribution in [3.63, 3.8) is 0 Å². The maximum atomic E-state index is 9.72. The maximum Gasteiger partial charge on any atom is 0.305 e. The van der Waals surface area contributed by atoms with Crippen LogP contribution in [0.15, 0.2) is 54.6 Å². The zero-order valence-corrected chi connectivity index (χ0v) is 20.1. The lowest BCUT2D eigenvalue weighted by atomic mass is 9.95. The van der Waals surface area contributed by atoms with Gasteiger partial charge in [0.2, 0.25) is 6.41 Å². The number of nitrogens with one attached hydrogen (secondary N) is 1. The first-order valence-corrected chi connectivity index (χ1v) is 12.0. The molecule has 1 amide bonds. The number of hydrogen-bond acceptors (Lipinski definition) is 5. The van der Waals surface area contributed by atoms with E-state index in [9.17, 15) is 9.59 Å². The van der Waals surface area contributed by atoms with Gasteiger partial charge >= 0.3 is 5.97 Å². The second kappa shape index (κ2) is 10.6. The number of halogens is 1. The third-order valence-electron chi connectivity index (χ3n) is 5.31. The van der Waals surface area contributed by atoms with Crippen molar-refractivity contribution < 1.29 is 14.7 Å². The van der Waals surface area contributed by atoms with E-state index in [0.717, 1.165) is 40.5 Å². The number of benzene rings is 2. The summed E-state index contributed by atoms with van der Waals surface area (Å²) in [6.07, 6.45) is 2.36. The number of nitrogens with zero attached hydrogens (tertiary/aromatic N) is 3. The van der Waals surface area contributed by atoms with Crippen molar-refractivity contribution in [2.75, 3.05) is 6.54 Å². The first-order chi connectivity index (χ1) is 16.5. The molecule has 0 radical (unpaired) electrons. The van der Waals surface area contributed by atoms with Crippen LogP contribution in [0.3, 0.4) is 0 Å². The number of aryl methyl sites for hydroxylation is 2. The van der Waals surface area contributed by atoms with Crippen LogP contribution in [-0.2, 0) is 22.4 Å². The van der Waals surface area contributed by atoms with Crippen molar-refractivity contribution in [2.24, 2.45) is 0 Å². The Morgan fingerprint density at radius 3 is 2.62 bits per heavy atom. The van der Waals surface area contributed by atoms with E-state index >= 15 is 0 Å². The topological polar surface area (TPSA) is 97.1 Å². The van der Waals surface area contributed by atoms with Gasteiger partial charge in [-0.15, -0.1) is 11.3 Å². The Balaban J connectivity index is 0.000000297. The molecule has 0 atom stereocenters. The minimum absolute atomic E-state index is 0.0151. The highest BCUT2D eigenvalue weighted by Crippen LogP contribution is 2.43. The quantitative estimate of drug-likeness (QED) is 0.292. The van der Waals surface area contributed by atoms with Crippen molar-refractivity contribution in [1.29, 1.82) is 0 Å². The first kappa shape index (κ1) is 23.7. The number of thiazole rings is 1. The molecule has 4 aromatic rings. The molecule has 1 aliphatic rings. The Labute approximate surface area is 206 Å². The molecule has 0 aliphatic heterocycles. The van der Waals surface area contributed by atoms with Crippen molar-refractivity contribution in [1.82, 2.24) is 20.1 Å². The number of aliphatic carboxylic acids is 1. The summed E-state index contributed by atoms with van der Waals surface area (Å²) in [7, 11) is 0. The molecule has 2 heterocycles. The zero-order valence-electron chi connectivity index (χ0n) is 18.5. The summed E-state index contributed by atoms with van der Waals surface area (Å²) in [6, 6.07) is 18.3. The number of amides is 1. The van der Waals surface area contributed by atoms with Crippen LogP contribution in [0.2, 0.25) is 5.02 Å². The fourth-order valence-corrected chi connectivity index (χ4v) is 5.09. The fraction of sp³-hybridized carbons (Fsp3) is 0.200. The normalized spacial score (nSPS) is 11.6. The summed E-state index contributed by atoms with van der Waals surface area (Å²) >= 11 is 8.26. The number of carbonyl (C=O) groups excluding carboxylic acids is 1. The molecule has 0 saturated carbocycles. The highest BCUT2D eigenvalue weighted by Gasteiger charge is 2.29. The summed E-state index contributed by atoms with van der Waals surface area (Å²) in [4.78, 5) is 25.2. The maximum absolute atomic E-state index is 9.72. The predicted molar refractivity (Wildman–Crippen MR) is 134 cm³/mol. The van der Waals surface area contributed by atoms with Crippen molar-refractivity contribution in [3.8, 4) is 27.5 Å². The van der Waals surface area contributed by atoms with E-state index in [1.54, 1.807) is 11.3 Å². The summed E-state index contributed by atoms with van der Waals surface area (Å²) < 4.78 is 2.01. The number of fused-ring (bicyclic) bond motifs is 3. The number of carboxylic acids is 1. The van der Waals surface area contributed by atoms with Gasteiger partial charge in [-0.25, -0.2) is 9.67 Å². The molecule has 5 rings (SSSR count). The second-order valence-electron chi connectivity index (χ2n) is 7.63. The van der Waals surface area contributed by atoms with E-state index in [-0.39, 0.29) is 13.0 Å². The molecule has 0 bridgehead atoms. The average Bonchev–Trinajstić information content (AvgIpc) is 3.40. The molecular weight excluding hydrogens is 472 g/mol. The molecule has 7 nitrogen and oxygen atoms in total. The van der Waals surface area contributed by atoms with Crippen LogP contribution in [0.5, 0.6) is 0 Å². The first-order valence-electron chi connectivity index (χ1n) is 10.8. The smallest absolute Gasteiger partial charge is 0.305 e. The molecular formula is C25H23ClN4O3S. The Morgan fingerprint density at radius 2 is 1.91 bits per heavy atom. The van der Waals surface area contributed by atoms with Gasteiger partial charge in [-0.05, 0) is 31.9 Å². The van der Waals surface area contributed by atoms with Gasteiger partial charge in [0.15, 0.2) is 0 Å². The lowest BCUT2D eigenvalue weighted by Gasteiger charge is -2.14. The van der Waals surface area contributed by atoms with Crippen LogP contribution in [0.1, 0.15) is 22.7 Å². The van der Waals surface area contributed by atoms with Gasteiger partial charge in [0.05, 0.1) is 44.1 Å². The van der Waals surface area contributed by atoms with Gasteiger partial charge < -0.3 is 10.4 Å². The molecule has 0 saturated heterocycles. The van der Waals surface area contributed by atoms with E-state index in [1.165, 1.54) is 16.1 Å². The van der Waals surface area contributed by atoms with Gasteiger partial charge in [-0.2, -0.15) is 5.10 Å². The third-order valence-corrected chi connectivity index (χ3v) is 6.65.